The van der Waals surface area contributed by atoms with Crippen LogP contribution in [0.4, 0.5) is 0 Å². The van der Waals surface area contributed by atoms with Crippen molar-refractivity contribution in [2.45, 2.75) is 31.2 Å². The number of aromatic amines is 1. The van der Waals surface area contributed by atoms with Crippen molar-refractivity contribution in [3.05, 3.63) is 11.8 Å². The average molecular weight is 287 g/mol. The zero-order valence-electron chi connectivity index (χ0n) is 10.7. The smallest absolute Gasteiger partial charge is 0.340 e. The molecule has 0 bridgehead atoms. The molecule has 1 aliphatic carbocycles. The van der Waals surface area contributed by atoms with Crippen molar-refractivity contribution < 1.29 is 18.3 Å². The van der Waals surface area contributed by atoms with Gasteiger partial charge in [-0.05, 0) is 18.8 Å². The highest BCUT2D eigenvalue weighted by atomic mass is 32.2. The summed E-state index contributed by atoms with van der Waals surface area (Å²) in [5, 5.41) is 14.5. The fourth-order valence-corrected chi connectivity index (χ4v) is 3.70. The summed E-state index contributed by atoms with van der Waals surface area (Å²) in [7, 11) is -3.82. The zero-order valence-corrected chi connectivity index (χ0v) is 11.5. The Bertz CT molecular complexity index is 562. The largest absolute Gasteiger partial charge is 0.478 e. The van der Waals surface area contributed by atoms with Crippen LogP contribution in [0.3, 0.4) is 0 Å². The van der Waals surface area contributed by atoms with Gasteiger partial charge >= 0.3 is 5.97 Å². The number of nitrogens with one attached hydrogen (secondary N) is 1. The Morgan fingerprint density at radius 2 is 2.26 bits per heavy atom. The molecule has 19 heavy (non-hydrogen) atoms. The lowest BCUT2D eigenvalue weighted by molar-refractivity contribution is 0.0692. The number of rotatable bonds is 6. The number of carboxylic acids is 1. The number of sulfonamides is 1. The van der Waals surface area contributed by atoms with E-state index >= 15 is 0 Å². The standard InChI is InChI=1S/C11H17N3O4S/c1-2-14(7-8-4-3-5-8)19(17,18)10-9(11(15)16)6-12-13-10/h6,8H,2-5,7H2,1H3,(H,12,13)(H,15,16). The number of H-pyrrole nitrogens is 1. The summed E-state index contributed by atoms with van der Waals surface area (Å²) in [6, 6.07) is 0. The van der Waals surface area contributed by atoms with Crippen LogP contribution in [-0.2, 0) is 10.0 Å². The fourth-order valence-electron chi connectivity index (χ4n) is 2.11. The van der Waals surface area contributed by atoms with Crippen molar-refractivity contribution in [1.82, 2.24) is 14.5 Å². The third-order valence-electron chi connectivity index (χ3n) is 3.47. The monoisotopic (exact) mass is 287 g/mol. The number of carboxylic acid groups (broad SMARTS) is 1. The van der Waals surface area contributed by atoms with Crippen molar-refractivity contribution in [2.75, 3.05) is 13.1 Å². The molecule has 1 aliphatic rings. The quantitative estimate of drug-likeness (QED) is 0.809. The molecular weight excluding hydrogens is 270 g/mol. The summed E-state index contributed by atoms with van der Waals surface area (Å²) >= 11 is 0. The lowest BCUT2D eigenvalue weighted by Gasteiger charge is -2.30. The maximum absolute atomic E-state index is 12.4. The van der Waals surface area contributed by atoms with E-state index in [-0.39, 0.29) is 10.6 Å². The third-order valence-corrected chi connectivity index (χ3v) is 5.39. The third kappa shape index (κ3) is 2.64. The minimum absolute atomic E-state index is 0.313. The van der Waals surface area contributed by atoms with E-state index in [9.17, 15) is 13.2 Å². The van der Waals surface area contributed by atoms with Gasteiger partial charge in [-0.2, -0.15) is 9.40 Å². The van der Waals surface area contributed by atoms with Crippen molar-refractivity contribution in [3.63, 3.8) is 0 Å². The zero-order chi connectivity index (χ0) is 14.0. The minimum Gasteiger partial charge on any atom is -0.478 e. The molecule has 1 aromatic rings. The van der Waals surface area contributed by atoms with Crippen molar-refractivity contribution in [1.29, 1.82) is 0 Å². The highest BCUT2D eigenvalue weighted by molar-refractivity contribution is 7.89. The van der Waals surface area contributed by atoms with E-state index in [1.807, 2.05) is 0 Å². The molecule has 0 aromatic carbocycles. The van der Waals surface area contributed by atoms with Crippen LogP contribution < -0.4 is 0 Å². The molecular formula is C11H17N3O4S. The molecule has 1 aromatic heterocycles. The molecule has 2 rings (SSSR count). The molecule has 0 unspecified atom stereocenters. The summed E-state index contributed by atoms with van der Waals surface area (Å²) in [5.74, 6) is -0.919. The number of nitrogens with zero attached hydrogens (tertiary/aromatic N) is 2. The Balaban J connectivity index is 2.28. The van der Waals surface area contributed by atoms with Crippen molar-refractivity contribution in [2.24, 2.45) is 5.92 Å². The first-order valence-electron chi connectivity index (χ1n) is 6.23. The SMILES string of the molecule is CCN(CC1CCC1)S(=O)(=O)c1[nH]ncc1C(=O)O. The average Bonchev–Trinajstić information content (AvgIpc) is 2.76. The van der Waals surface area contributed by atoms with Crippen LogP contribution in [0.15, 0.2) is 11.2 Å². The molecule has 0 aliphatic heterocycles. The number of aromatic nitrogens is 2. The molecule has 2 N–H and O–H groups in total. The van der Waals surface area contributed by atoms with Gasteiger partial charge in [0, 0.05) is 13.1 Å². The molecule has 8 heteroatoms. The number of aromatic carboxylic acids is 1. The van der Waals surface area contributed by atoms with Crippen LogP contribution in [0, 0.1) is 5.92 Å². The van der Waals surface area contributed by atoms with Gasteiger partial charge in [-0.3, -0.25) is 5.10 Å². The second-order valence-electron chi connectivity index (χ2n) is 4.67. The van der Waals surface area contributed by atoms with Gasteiger partial charge < -0.3 is 5.11 Å². The Hall–Kier alpha value is -1.41. The van der Waals surface area contributed by atoms with Crippen LogP contribution in [0.5, 0.6) is 0 Å². The molecule has 1 fully saturated rings. The Morgan fingerprint density at radius 3 is 2.74 bits per heavy atom. The predicted octanol–water partition coefficient (Wildman–Crippen LogP) is 0.919. The fraction of sp³-hybridized carbons (Fsp3) is 0.636. The summed E-state index contributed by atoms with van der Waals surface area (Å²) in [6.45, 7) is 2.50. The maximum Gasteiger partial charge on any atom is 0.340 e. The molecule has 0 radical (unpaired) electrons. The van der Waals surface area contributed by atoms with E-state index < -0.39 is 16.0 Å². The first-order chi connectivity index (χ1) is 8.96. The number of hydrogen-bond donors (Lipinski definition) is 2. The van der Waals surface area contributed by atoms with Crippen molar-refractivity contribution in [3.8, 4) is 0 Å². The topological polar surface area (TPSA) is 103 Å². The summed E-state index contributed by atoms with van der Waals surface area (Å²) in [4.78, 5) is 11.0. The van der Waals surface area contributed by atoms with Crippen LogP contribution >= 0.6 is 0 Å². The van der Waals surface area contributed by atoms with Crippen LogP contribution in [0.1, 0.15) is 36.5 Å². The Labute approximate surface area is 111 Å². The lowest BCUT2D eigenvalue weighted by Crippen LogP contribution is -2.38. The summed E-state index contributed by atoms with van der Waals surface area (Å²) in [6.07, 6.45) is 4.21. The molecule has 1 heterocycles. The molecule has 0 spiro atoms. The maximum atomic E-state index is 12.4. The summed E-state index contributed by atoms with van der Waals surface area (Å²) in [5.41, 5.74) is -0.313. The van der Waals surface area contributed by atoms with Crippen LogP contribution in [0.2, 0.25) is 0 Å². The van der Waals surface area contributed by atoms with Gasteiger partial charge in [0.05, 0.1) is 6.20 Å². The normalized spacial score (nSPS) is 16.5. The minimum atomic E-state index is -3.82. The van der Waals surface area contributed by atoms with E-state index in [2.05, 4.69) is 10.2 Å². The predicted molar refractivity (Wildman–Crippen MR) is 67.3 cm³/mol. The van der Waals surface area contributed by atoms with Crippen LogP contribution in [0.25, 0.3) is 0 Å². The Morgan fingerprint density at radius 1 is 1.58 bits per heavy atom. The number of hydrogen-bond acceptors (Lipinski definition) is 4. The van der Waals surface area contributed by atoms with E-state index in [1.165, 1.54) is 4.31 Å². The van der Waals surface area contributed by atoms with Crippen LogP contribution in [-0.4, -0.2) is 47.1 Å². The molecule has 0 atom stereocenters. The lowest BCUT2D eigenvalue weighted by atomic mass is 9.85. The van der Waals surface area contributed by atoms with Gasteiger partial charge in [0.15, 0.2) is 5.03 Å². The molecule has 0 amide bonds. The molecule has 7 nitrogen and oxygen atoms in total. The second kappa shape index (κ2) is 5.30. The van der Waals surface area contributed by atoms with E-state index in [1.54, 1.807) is 6.92 Å². The molecule has 106 valence electrons. The van der Waals surface area contributed by atoms with Crippen molar-refractivity contribution >= 4 is 16.0 Å². The van der Waals surface area contributed by atoms with Gasteiger partial charge in [0.25, 0.3) is 10.0 Å². The van der Waals surface area contributed by atoms with Gasteiger partial charge in [-0.25, -0.2) is 13.2 Å². The molecule has 1 saturated carbocycles. The van der Waals surface area contributed by atoms with E-state index in [0.29, 0.717) is 19.0 Å². The Kier molecular flexibility index (Phi) is 3.91. The van der Waals surface area contributed by atoms with E-state index in [0.717, 1.165) is 25.5 Å². The molecule has 0 saturated heterocycles. The first kappa shape index (κ1) is 14.0. The highest BCUT2D eigenvalue weighted by Gasteiger charge is 2.32. The van der Waals surface area contributed by atoms with Gasteiger partial charge in [0.2, 0.25) is 0 Å². The van der Waals surface area contributed by atoms with Gasteiger partial charge in [-0.15, -0.1) is 0 Å². The van der Waals surface area contributed by atoms with E-state index in [4.69, 9.17) is 5.11 Å². The number of carbonyl (C=O) groups is 1. The highest BCUT2D eigenvalue weighted by Crippen LogP contribution is 2.29. The second-order valence-corrected chi connectivity index (χ2v) is 6.55. The van der Waals surface area contributed by atoms with Gasteiger partial charge in [0.1, 0.15) is 5.56 Å². The van der Waals surface area contributed by atoms with Gasteiger partial charge in [-0.1, -0.05) is 13.3 Å². The summed E-state index contributed by atoms with van der Waals surface area (Å²) < 4.78 is 26.1. The first-order valence-corrected chi connectivity index (χ1v) is 7.67.